The Labute approximate surface area is 120 Å². The maximum Gasteiger partial charge on any atom is 0.238 e. The van der Waals surface area contributed by atoms with Gasteiger partial charge in [-0.05, 0) is 38.6 Å². The molecule has 5 heteroatoms. The third kappa shape index (κ3) is 3.49. The quantitative estimate of drug-likeness (QED) is 0.813. The van der Waals surface area contributed by atoms with Gasteiger partial charge in [-0.15, -0.1) is 0 Å². The van der Waals surface area contributed by atoms with Crippen molar-refractivity contribution in [1.29, 1.82) is 0 Å². The molecule has 1 unspecified atom stereocenters. The first-order chi connectivity index (χ1) is 9.47. The van der Waals surface area contributed by atoms with Crippen molar-refractivity contribution < 1.29 is 4.79 Å². The van der Waals surface area contributed by atoms with E-state index in [4.69, 9.17) is 5.73 Å². The highest BCUT2D eigenvalue weighted by Gasteiger charge is 2.22. The number of hydrogen-bond acceptors (Lipinski definition) is 4. The minimum atomic E-state index is 0.0236. The summed E-state index contributed by atoms with van der Waals surface area (Å²) < 4.78 is 0. The van der Waals surface area contributed by atoms with Crippen LogP contribution in [0.5, 0.6) is 0 Å². The first-order valence-corrected chi connectivity index (χ1v) is 7.05. The zero-order valence-corrected chi connectivity index (χ0v) is 12.5. The largest absolute Gasteiger partial charge is 0.398 e. The van der Waals surface area contributed by atoms with Crippen LogP contribution in [0.4, 0.5) is 11.4 Å². The zero-order valence-electron chi connectivity index (χ0n) is 12.5. The predicted molar refractivity (Wildman–Crippen MR) is 82.8 cm³/mol. The van der Waals surface area contributed by atoms with Gasteiger partial charge in [-0.25, -0.2) is 0 Å². The number of rotatable bonds is 3. The summed E-state index contributed by atoms with van der Waals surface area (Å²) in [4.78, 5) is 16.6. The highest BCUT2D eigenvalue weighted by Crippen LogP contribution is 2.20. The van der Waals surface area contributed by atoms with E-state index in [9.17, 15) is 4.79 Å². The van der Waals surface area contributed by atoms with E-state index >= 15 is 0 Å². The summed E-state index contributed by atoms with van der Waals surface area (Å²) in [6.45, 7) is 7.41. The SMILES string of the molecule is Cc1c(N)cccc1NC(=O)CN1CCN(C)C(C)C1. The van der Waals surface area contributed by atoms with E-state index in [-0.39, 0.29) is 5.91 Å². The van der Waals surface area contributed by atoms with E-state index in [0.717, 1.165) is 30.9 Å². The minimum Gasteiger partial charge on any atom is -0.398 e. The van der Waals surface area contributed by atoms with Crippen LogP contribution in [-0.2, 0) is 4.79 Å². The third-order valence-electron chi connectivity index (χ3n) is 4.06. The molecule has 1 heterocycles. The molecule has 0 spiro atoms. The number of anilines is 2. The molecular formula is C15H24N4O. The van der Waals surface area contributed by atoms with Gasteiger partial charge in [-0.1, -0.05) is 6.07 Å². The van der Waals surface area contributed by atoms with Crippen molar-refractivity contribution in [3.63, 3.8) is 0 Å². The van der Waals surface area contributed by atoms with Crippen molar-refractivity contribution in [1.82, 2.24) is 9.80 Å². The summed E-state index contributed by atoms with van der Waals surface area (Å²) in [5.74, 6) is 0.0236. The smallest absolute Gasteiger partial charge is 0.238 e. The third-order valence-corrected chi connectivity index (χ3v) is 4.06. The molecule has 5 nitrogen and oxygen atoms in total. The summed E-state index contributed by atoms with van der Waals surface area (Å²) in [5.41, 5.74) is 8.28. The lowest BCUT2D eigenvalue weighted by molar-refractivity contribution is -0.117. The van der Waals surface area contributed by atoms with Gasteiger partial charge in [-0.3, -0.25) is 9.69 Å². The molecule has 1 aromatic carbocycles. The van der Waals surface area contributed by atoms with E-state index in [0.29, 0.717) is 18.3 Å². The molecule has 0 radical (unpaired) electrons. The summed E-state index contributed by atoms with van der Waals surface area (Å²) in [7, 11) is 2.12. The number of nitrogens with two attached hydrogens (primary N) is 1. The van der Waals surface area contributed by atoms with Gasteiger partial charge < -0.3 is 16.0 Å². The number of benzene rings is 1. The Morgan fingerprint density at radius 3 is 2.90 bits per heavy atom. The Morgan fingerprint density at radius 1 is 1.45 bits per heavy atom. The summed E-state index contributed by atoms with van der Waals surface area (Å²) >= 11 is 0. The number of hydrogen-bond donors (Lipinski definition) is 2. The van der Waals surface area contributed by atoms with Crippen LogP contribution in [0.1, 0.15) is 12.5 Å². The fraction of sp³-hybridized carbons (Fsp3) is 0.533. The molecule has 1 aliphatic rings. The molecule has 1 amide bonds. The zero-order chi connectivity index (χ0) is 14.7. The number of carbonyl (C=O) groups excluding carboxylic acids is 1. The van der Waals surface area contributed by atoms with Crippen LogP contribution >= 0.6 is 0 Å². The maximum absolute atomic E-state index is 12.1. The fourth-order valence-corrected chi connectivity index (χ4v) is 2.45. The monoisotopic (exact) mass is 276 g/mol. The molecule has 1 aromatic rings. The van der Waals surface area contributed by atoms with Crippen LogP contribution < -0.4 is 11.1 Å². The Bertz CT molecular complexity index is 489. The normalized spacial score (nSPS) is 20.9. The molecule has 1 atom stereocenters. The second-order valence-corrected chi connectivity index (χ2v) is 5.63. The van der Waals surface area contributed by atoms with Crippen LogP contribution in [-0.4, -0.2) is 55.0 Å². The number of amides is 1. The standard InChI is InChI=1S/C15H24N4O/c1-11-9-19(8-7-18(11)3)10-15(20)17-14-6-4-5-13(16)12(14)2/h4-6,11H,7-10,16H2,1-3H3,(H,17,20). The predicted octanol–water partition coefficient (Wildman–Crippen LogP) is 1.15. The van der Waals surface area contributed by atoms with Gasteiger partial charge in [0.25, 0.3) is 0 Å². The maximum atomic E-state index is 12.1. The number of nitrogens with one attached hydrogen (secondary N) is 1. The van der Waals surface area contributed by atoms with Gasteiger partial charge in [0.2, 0.25) is 5.91 Å². The van der Waals surface area contributed by atoms with Crippen molar-refractivity contribution in [2.45, 2.75) is 19.9 Å². The Hall–Kier alpha value is -1.59. The first-order valence-electron chi connectivity index (χ1n) is 7.05. The molecule has 0 bridgehead atoms. The molecule has 1 aliphatic heterocycles. The Morgan fingerprint density at radius 2 is 2.20 bits per heavy atom. The number of likely N-dealkylation sites (N-methyl/N-ethyl adjacent to an activating group) is 1. The average Bonchev–Trinajstić information content (AvgIpc) is 2.39. The highest BCUT2D eigenvalue weighted by atomic mass is 16.2. The van der Waals surface area contributed by atoms with E-state index in [1.165, 1.54) is 0 Å². The first kappa shape index (κ1) is 14.8. The van der Waals surface area contributed by atoms with Gasteiger partial charge in [0.1, 0.15) is 0 Å². The molecule has 110 valence electrons. The topological polar surface area (TPSA) is 61.6 Å². The lowest BCUT2D eigenvalue weighted by atomic mass is 10.1. The fourth-order valence-electron chi connectivity index (χ4n) is 2.45. The minimum absolute atomic E-state index is 0.0236. The van der Waals surface area contributed by atoms with Crippen LogP contribution in [0.3, 0.4) is 0 Å². The Kier molecular flexibility index (Phi) is 4.62. The van der Waals surface area contributed by atoms with E-state index in [1.54, 1.807) is 0 Å². The van der Waals surface area contributed by atoms with Gasteiger partial charge >= 0.3 is 0 Å². The lowest BCUT2D eigenvalue weighted by Crippen LogP contribution is -2.51. The second kappa shape index (κ2) is 6.24. The highest BCUT2D eigenvalue weighted by molar-refractivity contribution is 5.93. The van der Waals surface area contributed by atoms with E-state index in [1.807, 2.05) is 25.1 Å². The summed E-state index contributed by atoms with van der Waals surface area (Å²) in [6, 6.07) is 6.07. The molecule has 1 fully saturated rings. The van der Waals surface area contributed by atoms with Gasteiger partial charge in [0.05, 0.1) is 6.54 Å². The van der Waals surface area contributed by atoms with Crippen molar-refractivity contribution in [3.8, 4) is 0 Å². The number of piperazine rings is 1. The van der Waals surface area contributed by atoms with Gasteiger partial charge in [0.15, 0.2) is 0 Å². The summed E-state index contributed by atoms with van der Waals surface area (Å²) in [6.07, 6.45) is 0. The van der Waals surface area contributed by atoms with E-state index in [2.05, 4.69) is 29.1 Å². The van der Waals surface area contributed by atoms with Crippen molar-refractivity contribution in [2.75, 3.05) is 44.3 Å². The van der Waals surface area contributed by atoms with Gasteiger partial charge in [-0.2, -0.15) is 0 Å². The molecule has 0 aromatic heterocycles. The molecule has 20 heavy (non-hydrogen) atoms. The molecular weight excluding hydrogens is 252 g/mol. The Balaban J connectivity index is 1.91. The molecule has 2 rings (SSSR count). The molecule has 3 N–H and O–H groups in total. The lowest BCUT2D eigenvalue weighted by Gasteiger charge is -2.37. The molecule has 1 saturated heterocycles. The van der Waals surface area contributed by atoms with Crippen LogP contribution in [0.15, 0.2) is 18.2 Å². The molecule has 0 aliphatic carbocycles. The number of carbonyl (C=O) groups is 1. The molecule has 0 saturated carbocycles. The van der Waals surface area contributed by atoms with Crippen LogP contribution in [0, 0.1) is 6.92 Å². The van der Waals surface area contributed by atoms with Crippen LogP contribution in [0.25, 0.3) is 0 Å². The summed E-state index contributed by atoms with van der Waals surface area (Å²) in [5, 5.41) is 2.95. The van der Waals surface area contributed by atoms with Crippen molar-refractivity contribution in [2.24, 2.45) is 0 Å². The van der Waals surface area contributed by atoms with Crippen molar-refractivity contribution in [3.05, 3.63) is 23.8 Å². The number of nitrogen functional groups attached to an aromatic ring is 1. The van der Waals surface area contributed by atoms with Crippen LogP contribution in [0.2, 0.25) is 0 Å². The second-order valence-electron chi connectivity index (χ2n) is 5.63. The van der Waals surface area contributed by atoms with Crippen molar-refractivity contribution >= 4 is 17.3 Å². The number of nitrogens with zero attached hydrogens (tertiary/aromatic N) is 2. The average molecular weight is 276 g/mol. The van der Waals surface area contributed by atoms with E-state index < -0.39 is 0 Å². The van der Waals surface area contributed by atoms with Gasteiger partial charge in [0, 0.05) is 37.1 Å².